The fourth-order valence-electron chi connectivity index (χ4n) is 3.45. The number of hydrogen-bond acceptors (Lipinski definition) is 7. The molecule has 2 aromatic rings. The molecule has 1 aliphatic heterocycles. The van der Waals surface area contributed by atoms with Gasteiger partial charge in [-0.2, -0.15) is 10.1 Å². The average molecular weight is 325 g/mol. The lowest BCUT2D eigenvalue weighted by Gasteiger charge is -2.35. The molecular formula is C17H23N7. The Kier molecular flexibility index (Phi) is 4.40. The Morgan fingerprint density at radius 2 is 1.79 bits per heavy atom. The molecule has 2 fully saturated rings. The van der Waals surface area contributed by atoms with Gasteiger partial charge in [0, 0.05) is 38.4 Å². The summed E-state index contributed by atoms with van der Waals surface area (Å²) in [4.78, 5) is 13.6. The smallest absolute Gasteiger partial charge is 0.247 e. The molecule has 0 atom stereocenters. The first-order valence-electron chi connectivity index (χ1n) is 8.76. The highest BCUT2D eigenvalue weighted by molar-refractivity contribution is 5.44. The van der Waals surface area contributed by atoms with Gasteiger partial charge in [-0.05, 0) is 25.0 Å². The standard InChI is InChI=1S/C17H23N7/c1-2-6-14(5-1)20-15-13-19-22-17(21-15)24-11-9-23(10-12-24)16-7-3-4-8-18-16/h3-4,7-8,13-14H,1-2,5-6,9-12H2,(H,20,21,22). The quantitative estimate of drug-likeness (QED) is 0.921. The van der Waals surface area contributed by atoms with Crippen molar-refractivity contribution < 1.29 is 0 Å². The second kappa shape index (κ2) is 6.98. The third-order valence-corrected chi connectivity index (χ3v) is 4.79. The maximum atomic E-state index is 4.66. The van der Waals surface area contributed by atoms with Gasteiger partial charge in [0.15, 0.2) is 5.82 Å². The van der Waals surface area contributed by atoms with E-state index in [2.05, 4.69) is 41.3 Å². The van der Waals surface area contributed by atoms with Gasteiger partial charge >= 0.3 is 0 Å². The molecule has 1 aliphatic carbocycles. The van der Waals surface area contributed by atoms with Crippen molar-refractivity contribution in [2.75, 3.05) is 41.3 Å². The van der Waals surface area contributed by atoms with Gasteiger partial charge in [-0.3, -0.25) is 0 Å². The monoisotopic (exact) mass is 325 g/mol. The van der Waals surface area contributed by atoms with Crippen molar-refractivity contribution in [2.24, 2.45) is 0 Å². The molecule has 1 N–H and O–H groups in total. The summed E-state index contributed by atoms with van der Waals surface area (Å²) in [5.74, 6) is 2.60. The van der Waals surface area contributed by atoms with Crippen molar-refractivity contribution in [2.45, 2.75) is 31.7 Å². The van der Waals surface area contributed by atoms with Crippen LogP contribution >= 0.6 is 0 Å². The molecular weight excluding hydrogens is 302 g/mol. The lowest BCUT2D eigenvalue weighted by atomic mass is 10.2. The van der Waals surface area contributed by atoms with E-state index in [0.29, 0.717) is 6.04 Å². The van der Waals surface area contributed by atoms with Crippen LogP contribution in [0.5, 0.6) is 0 Å². The lowest BCUT2D eigenvalue weighted by molar-refractivity contribution is 0.629. The summed E-state index contributed by atoms with van der Waals surface area (Å²) in [6.07, 6.45) is 8.63. The number of pyridine rings is 1. The van der Waals surface area contributed by atoms with E-state index in [4.69, 9.17) is 0 Å². The van der Waals surface area contributed by atoms with Gasteiger partial charge in [-0.15, -0.1) is 5.10 Å². The van der Waals surface area contributed by atoms with E-state index in [9.17, 15) is 0 Å². The summed E-state index contributed by atoms with van der Waals surface area (Å²) in [7, 11) is 0. The van der Waals surface area contributed by atoms with Crippen LogP contribution in [0.3, 0.4) is 0 Å². The number of anilines is 3. The Morgan fingerprint density at radius 1 is 1.00 bits per heavy atom. The van der Waals surface area contributed by atoms with Crippen LogP contribution in [0, 0.1) is 0 Å². The van der Waals surface area contributed by atoms with Crippen molar-refractivity contribution in [3.8, 4) is 0 Å². The van der Waals surface area contributed by atoms with Crippen molar-refractivity contribution in [1.29, 1.82) is 0 Å². The van der Waals surface area contributed by atoms with Crippen LogP contribution in [0.2, 0.25) is 0 Å². The molecule has 0 radical (unpaired) electrons. The van der Waals surface area contributed by atoms with E-state index in [0.717, 1.165) is 43.8 Å². The van der Waals surface area contributed by atoms with Crippen LogP contribution in [-0.4, -0.2) is 52.4 Å². The van der Waals surface area contributed by atoms with Gasteiger partial charge < -0.3 is 15.1 Å². The van der Waals surface area contributed by atoms with Gasteiger partial charge in [-0.25, -0.2) is 4.98 Å². The minimum atomic E-state index is 0.538. The third-order valence-electron chi connectivity index (χ3n) is 4.79. The first-order valence-corrected chi connectivity index (χ1v) is 8.76. The van der Waals surface area contributed by atoms with Gasteiger partial charge in [-0.1, -0.05) is 18.9 Å². The average Bonchev–Trinajstić information content (AvgIpc) is 3.16. The Labute approximate surface area is 142 Å². The molecule has 1 saturated carbocycles. The summed E-state index contributed by atoms with van der Waals surface area (Å²) < 4.78 is 0. The molecule has 2 aromatic heterocycles. The number of rotatable bonds is 4. The van der Waals surface area contributed by atoms with Crippen LogP contribution in [0.1, 0.15) is 25.7 Å². The molecule has 4 rings (SSSR count). The molecule has 0 amide bonds. The molecule has 0 unspecified atom stereocenters. The SMILES string of the molecule is c1ccc(N2CCN(c3nncc(NC4CCCC4)n3)CC2)nc1. The fourth-order valence-corrected chi connectivity index (χ4v) is 3.45. The van der Waals surface area contributed by atoms with Crippen molar-refractivity contribution >= 4 is 17.6 Å². The van der Waals surface area contributed by atoms with Crippen LogP contribution < -0.4 is 15.1 Å². The number of nitrogens with zero attached hydrogens (tertiary/aromatic N) is 6. The zero-order chi connectivity index (χ0) is 16.2. The fraction of sp³-hybridized carbons (Fsp3) is 0.529. The van der Waals surface area contributed by atoms with E-state index < -0.39 is 0 Å². The molecule has 1 saturated heterocycles. The summed E-state index contributed by atoms with van der Waals surface area (Å²) >= 11 is 0. The van der Waals surface area contributed by atoms with Gasteiger partial charge in [0.2, 0.25) is 5.95 Å². The van der Waals surface area contributed by atoms with Crippen molar-refractivity contribution in [1.82, 2.24) is 20.2 Å². The van der Waals surface area contributed by atoms with Crippen LogP contribution in [0.25, 0.3) is 0 Å². The second-order valence-electron chi connectivity index (χ2n) is 6.43. The molecule has 7 nitrogen and oxygen atoms in total. The second-order valence-corrected chi connectivity index (χ2v) is 6.43. The zero-order valence-corrected chi connectivity index (χ0v) is 13.8. The van der Waals surface area contributed by atoms with Crippen LogP contribution in [0.15, 0.2) is 30.6 Å². The lowest BCUT2D eigenvalue weighted by Crippen LogP contribution is -2.47. The Balaban J connectivity index is 1.38. The topological polar surface area (TPSA) is 70.1 Å². The molecule has 0 aromatic carbocycles. The number of aromatic nitrogens is 4. The summed E-state index contributed by atoms with van der Waals surface area (Å²) in [6, 6.07) is 6.57. The van der Waals surface area contributed by atoms with E-state index in [1.54, 1.807) is 6.20 Å². The Hall–Kier alpha value is -2.44. The number of piperazine rings is 1. The summed E-state index contributed by atoms with van der Waals surface area (Å²) in [5.41, 5.74) is 0. The van der Waals surface area contributed by atoms with Crippen LogP contribution in [0.4, 0.5) is 17.6 Å². The zero-order valence-electron chi connectivity index (χ0n) is 13.8. The largest absolute Gasteiger partial charge is 0.366 e. The molecule has 126 valence electrons. The van der Waals surface area contributed by atoms with Gasteiger partial charge in [0.05, 0.1) is 6.20 Å². The summed E-state index contributed by atoms with van der Waals surface area (Å²) in [5, 5.41) is 11.9. The van der Waals surface area contributed by atoms with E-state index in [-0.39, 0.29) is 0 Å². The maximum absolute atomic E-state index is 4.66. The van der Waals surface area contributed by atoms with E-state index >= 15 is 0 Å². The number of hydrogen-bond donors (Lipinski definition) is 1. The molecule has 0 bridgehead atoms. The van der Waals surface area contributed by atoms with Crippen molar-refractivity contribution in [3.05, 3.63) is 30.6 Å². The third kappa shape index (κ3) is 3.39. The first kappa shape index (κ1) is 15.1. The van der Waals surface area contributed by atoms with Crippen LogP contribution in [-0.2, 0) is 0 Å². The molecule has 24 heavy (non-hydrogen) atoms. The van der Waals surface area contributed by atoms with Gasteiger partial charge in [0.1, 0.15) is 5.82 Å². The van der Waals surface area contributed by atoms with Gasteiger partial charge in [0.25, 0.3) is 0 Å². The normalized spacial score (nSPS) is 18.8. The first-order chi connectivity index (χ1) is 11.9. The Bertz CT molecular complexity index is 649. The van der Waals surface area contributed by atoms with E-state index in [1.165, 1.54) is 25.7 Å². The Morgan fingerprint density at radius 3 is 2.54 bits per heavy atom. The predicted octanol–water partition coefficient (Wildman–Crippen LogP) is 1.95. The number of nitrogens with one attached hydrogen (secondary N) is 1. The van der Waals surface area contributed by atoms with Crippen molar-refractivity contribution in [3.63, 3.8) is 0 Å². The minimum absolute atomic E-state index is 0.538. The highest BCUT2D eigenvalue weighted by Crippen LogP contribution is 2.22. The highest BCUT2D eigenvalue weighted by Gasteiger charge is 2.21. The molecule has 7 heteroatoms. The highest BCUT2D eigenvalue weighted by atomic mass is 15.4. The molecule has 3 heterocycles. The summed E-state index contributed by atoms with van der Waals surface area (Å²) in [6.45, 7) is 3.59. The predicted molar refractivity (Wildman–Crippen MR) is 94.4 cm³/mol. The molecule has 0 spiro atoms. The van der Waals surface area contributed by atoms with E-state index in [1.807, 2.05) is 18.3 Å². The maximum Gasteiger partial charge on any atom is 0.247 e. The minimum Gasteiger partial charge on any atom is -0.366 e. The molecule has 2 aliphatic rings.